The van der Waals surface area contributed by atoms with E-state index in [1.165, 1.54) is 109 Å². The SMILES string of the molecule is Bc1c(B)c(B)c(-c2cccc3c2oc2cccc(-c4ccc(-c5ccc6ccc7c(-c8ccccc8)ccc8ccc5c6c87)c5ccccc45)c23)c(B)c1B. The molecule has 0 fully saturated rings. The lowest BCUT2D eigenvalue weighted by Crippen LogP contribution is -2.55. The highest BCUT2D eigenvalue weighted by atomic mass is 16.3. The Morgan fingerprint density at radius 2 is 0.786 bits per heavy atom. The van der Waals surface area contributed by atoms with Crippen molar-refractivity contribution in [3.05, 3.63) is 152 Å². The Hall–Kier alpha value is -6.38. The van der Waals surface area contributed by atoms with Crippen molar-refractivity contribution in [1.82, 2.24) is 0 Å². The van der Waals surface area contributed by atoms with E-state index in [2.05, 4.69) is 191 Å². The van der Waals surface area contributed by atoms with E-state index in [9.17, 15) is 0 Å². The van der Waals surface area contributed by atoms with Crippen molar-refractivity contribution < 1.29 is 4.42 Å². The van der Waals surface area contributed by atoms with Gasteiger partial charge in [0.05, 0.1) is 0 Å². The van der Waals surface area contributed by atoms with Crippen molar-refractivity contribution in [2.45, 2.75) is 0 Å². The van der Waals surface area contributed by atoms with Gasteiger partial charge in [-0.3, -0.25) is 0 Å². The van der Waals surface area contributed by atoms with Gasteiger partial charge in [0, 0.05) is 16.3 Å². The van der Waals surface area contributed by atoms with Crippen molar-refractivity contribution in [3.63, 3.8) is 0 Å². The Balaban J connectivity index is 1.13. The maximum atomic E-state index is 6.87. The quantitative estimate of drug-likeness (QED) is 0.172. The minimum Gasteiger partial charge on any atom is -0.455 e. The maximum Gasteiger partial charge on any atom is 0.143 e. The maximum absolute atomic E-state index is 6.87. The van der Waals surface area contributed by atoms with Crippen LogP contribution in [0, 0.1) is 0 Å². The summed E-state index contributed by atoms with van der Waals surface area (Å²) in [4.78, 5) is 0. The minimum absolute atomic E-state index is 0.913. The molecule has 0 aliphatic heterocycles. The summed E-state index contributed by atoms with van der Waals surface area (Å²) in [7, 11) is 11.2. The molecule has 11 rings (SSSR count). The van der Waals surface area contributed by atoms with Crippen molar-refractivity contribution in [2.75, 3.05) is 0 Å². The zero-order valence-electron chi connectivity index (χ0n) is 32.3. The first-order chi connectivity index (χ1) is 27.4. The van der Waals surface area contributed by atoms with E-state index in [1.54, 1.807) is 0 Å². The van der Waals surface area contributed by atoms with Crippen LogP contribution in [0.15, 0.2) is 156 Å². The fraction of sp³-hybridized carbons (Fsp3) is 0. The van der Waals surface area contributed by atoms with E-state index < -0.39 is 0 Å². The zero-order valence-corrected chi connectivity index (χ0v) is 32.3. The van der Waals surface area contributed by atoms with Crippen LogP contribution < -0.4 is 27.3 Å². The summed E-state index contributed by atoms with van der Waals surface area (Å²) in [6.45, 7) is 0. The third-order valence-corrected chi connectivity index (χ3v) is 13.0. The van der Waals surface area contributed by atoms with Crippen LogP contribution in [0.1, 0.15) is 0 Å². The zero-order chi connectivity index (χ0) is 37.8. The molecule has 1 aromatic heterocycles. The van der Waals surface area contributed by atoms with Crippen LogP contribution in [0.5, 0.6) is 0 Å². The predicted molar refractivity (Wildman–Crippen MR) is 258 cm³/mol. The number of hydrogen-bond acceptors (Lipinski definition) is 1. The molecule has 0 spiro atoms. The molecule has 0 amide bonds. The number of benzene rings is 10. The summed E-state index contributed by atoms with van der Waals surface area (Å²) in [5.74, 6) is 0. The summed E-state index contributed by atoms with van der Waals surface area (Å²) in [5.41, 5.74) is 18.5. The van der Waals surface area contributed by atoms with Crippen molar-refractivity contribution in [3.8, 4) is 44.5 Å². The summed E-state index contributed by atoms with van der Waals surface area (Å²) in [6.07, 6.45) is 0. The second-order valence-corrected chi connectivity index (χ2v) is 15.7. The number of furan rings is 1. The molecule has 0 aliphatic rings. The minimum atomic E-state index is 0.913. The average molecular weight is 706 g/mol. The normalized spacial score (nSPS) is 11.9. The molecule has 0 saturated heterocycles. The van der Waals surface area contributed by atoms with Crippen LogP contribution in [0.25, 0.3) is 110 Å². The lowest BCUT2D eigenvalue weighted by molar-refractivity contribution is 0.670. The first-order valence-corrected chi connectivity index (χ1v) is 19.7. The summed E-state index contributed by atoms with van der Waals surface area (Å²) >= 11 is 0. The molecule has 10 aromatic carbocycles. The van der Waals surface area contributed by atoms with E-state index in [4.69, 9.17) is 4.42 Å². The van der Waals surface area contributed by atoms with Crippen LogP contribution in [0.2, 0.25) is 0 Å². The Morgan fingerprint density at radius 3 is 1.46 bits per heavy atom. The standard InChI is InChI=1S/C50H35B5O/c51-45-44(46(52)48(54)49(55)47(45)53)39-14-6-13-38-43-35(12-7-15-40(43)56-50(38)39)34-25-24-32(30-10-4-5-11-31(30)34)33-21-17-28-18-22-36-29(26-8-2-1-3-9-26)20-16-27-19-23-37(33)42(28)41(27)36/h1-25H,51-55H2. The second-order valence-electron chi connectivity index (χ2n) is 15.7. The highest BCUT2D eigenvalue weighted by Gasteiger charge is 2.22. The lowest BCUT2D eigenvalue weighted by Gasteiger charge is -2.20. The molecule has 11 aromatic rings. The molecule has 0 N–H and O–H groups in total. The molecular weight excluding hydrogens is 671 g/mol. The fourth-order valence-electron chi connectivity index (χ4n) is 9.85. The summed E-state index contributed by atoms with van der Waals surface area (Å²) < 4.78 is 6.87. The third-order valence-electron chi connectivity index (χ3n) is 13.0. The molecule has 1 heterocycles. The first kappa shape index (κ1) is 33.0. The molecule has 1 nitrogen and oxygen atoms in total. The molecule has 0 unspecified atom stereocenters. The molecule has 0 atom stereocenters. The summed E-state index contributed by atoms with van der Waals surface area (Å²) in [6, 6.07) is 56.0. The molecular formula is C50H35B5O. The van der Waals surface area contributed by atoms with Gasteiger partial charge in [-0.1, -0.05) is 157 Å². The Labute approximate surface area is 330 Å². The first-order valence-electron chi connectivity index (χ1n) is 19.7. The second kappa shape index (κ2) is 12.3. The molecule has 6 heteroatoms. The van der Waals surface area contributed by atoms with Gasteiger partial charge < -0.3 is 4.42 Å². The van der Waals surface area contributed by atoms with Gasteiger partial charge in [0.1, 0.15) is 50.4 Å². The largest absolute Gasteiger partial charge is 0.455 e. The smallest absolute Gasteiger partial charge is 0.143 e. The van der Waals surface area contributed by atoms with E-state index in [0.29, 0.717) is 0 Å². The van der Waals surface area contributed by atoms with E-state index in [1.807, 2.05) is 0 Å². The van der Waals surface area contributed by atoms with Gasteiger partial charge in [0.25, 0.3) is 0 Å². The number of para-hydroxylation sites is 1. The van der Waals surface area contributed by atoms with Gasteiger partial charge in [-0.15, -0.1) is 16.4 Å². The van der Waals surface area contributed by atoms with Crippen LogP contribution in [-0.4, -0.2) is 39.2 Å². The Kier molecular flexibility index (Phi) is 7.26. The number of fused-ring (bicyclic) bond motifs is 4. The Bertz CT molecular complexity index is 3390. The average Bonchev–Trinajstić information content (AvgIpc) is 3.64. The molecule has 0 bridgehead atoms. The van der Waals surface area contributed by atoms with Crippen LogP contribution in [0.4, 0.5) is 0 Å². The van der Waals surface area contributed by atoms with Crippen LogP contribution in [-0.2, 0) is 0 Å². The topological polar surface area (TPSA) is 13.1 Å². The van der Waals surface area contributed by atoms with E-state index in [-0.39, 0.29) is 0 Å². The van der Waals surface area contributed by atoms with Crippen LogP contribution >= 0.6 is 0 Å². The molecule has 256 valence electrons. The summed E-state index contributed by atoms with van der Waals surface area (Å²) in [5, 5.41) is 12.6. The van der Waals surface area contributed by atoms with Gasteiger partial charge in [-0.2, -0.15) is 0 Å². The van der Waals surface area contributed by atoms with Crippen molar-refractivity contribution in [1.29, 1.82) is 0 Å². The molecule has 0 radical (unpaired) electrons. The van der Waals surface area contributed by atoms with Gasteiger partial charge >= 0.3 is 0 Å². The van der Waals surface area contributed by atoms with Crippen molar-refractivity contribution in [2.24, 2.45) is 0 Å². The van der Waals surface area contributed by atoms with Crippen molar-refractivity contribution >= 4 is 132 Å². The fourth-order valence-corrected chi connectivity index (χ4v) is 9.85. The number of rotatable bonds is 4. The molecule has 0 saturated carbocycles. The predicted octanol–water partition coefficient (Wildman–Crippen LogP) is 5.60. The third kappa shape index (κ3) is 4.62. The Morgan fingerprint density at radius 1 is 0.304 bits per heavy atom. The van der Waals surface area contributed by atoms with Gasteiger partial charge in [0.15, 0.2) is 0 Å². The van der Waals surface area contributed by atoms with Gasteiger partial charge in [-0.25, -0.2) is 0 Å². The molecule has 56 heavy (non-hydrogen) atoms. The van der Waals surface area contributed by atoms with E-state index >= 15 is 0 Å². The van der Waals surface area contributed by atoms with E-state index in [0.717, 1.165) is 27.5 Å². The molecule has 0 aliphatic carbocycles. The van der Waals surface area contributed by atoms with Gasteiger partial charge in [-0.05, 0) is 88.1 Å². The highest BCUT2D eigenvalue weighted by molar-refractivity contribution is 6.68. The van der Waals surface area contributed by atoms with Gasteiger partial charge in [0.2, 0.25) is 0 Å². The number of hydrogen-bond donors (Lipinski definition) is 0. The van der Waals surface area contributed by atoms with Crippen LogP contribution in [0.3, 0.4) is 0 Å². The lowest BCUT2D eigenvalue weighted by atomic mass is 9.59. The highest BCUT2D eigenvalue weighted by Crippen LogP contribution is 2.46. The monoisotopic (exact) mass is 706 g/mol.